The molecule has 9 rings (SSSR count). The number of nitrogens with zero attached hydrogens (tertiary/aromatic N) is 2. The first-order valence-electron chi connectivity index (χ1n) is 19.6. The molecule has 2 amide bonds. The summed E-state index contributed by atoms with van der Waals surface area (Å²) in [7, 11) is 5.12. The van der Waals surface area contributed by atoms with Gasteiger partial charge in [0.25, 0.3) is 5.91 Å². The van der Waals surface area contributed by atoms with Crippen molar-refractivity contribution in [1.29, 1.82) is 0 Å². The van der Waals surface area contributed by atoms with E-state index in [-0.39, 0.29) is 23.2 Å². The maximum absolute atomic E-state index is 14.4. The van der Waals surface area contributed by atoms with E-state index in [0.29, 0.717) is 52.3 Å². The number of rotatable bonds is 6. The van der Waals surface area contributed by atoms with Gasteiger partial charge in [-0.3, -0.25) is 14.4 Å². The van der Waals surface area contributed by atoms with Gasteiger partial charge in [-0.25, -0.2) is 0 Å². The molecule has 7 aliphatic rings. The quantitative estimate of drug-likeness (QED) is 0.289. The zero-order valence-electron chi connectivity index (χ0n) is 30.3. The van der Waals surface area contributed by atoms with Gasteiger partial charge in [-0.2, -0.15) is 0 Å². The highest BCUT2D eigenvalue weighted by Crippen LogP contribution is 2.78. The summed E-state index contributed by atoms with van der Waals surface area (Å²) in [6.07, 6.45) is 16.5. The number of hydrogen-bond donors (Lipinski definition) is 0. The van der Waals surface area contributed by atoms with Crippen molar-refractivity contribution in [2.24, 2.45) is 51.8 Å². The third kappa shape index (κ3) is 5.06. The van der Waals surface area contributed by atoms with E-state index in [2.05, 4.69) is 17.0 Å². The SMILES string of the molecule is COC(=O)C12CCCC3CC1CC(C14CC5CC(C(=O)N6CCc7ccc(Oc8ccc(C(=O)N(C)C)cc8)cc7C6)CC(C1)C(C5)C4)(C3)C2. The Bertz CT molecular complexity index is 1700. The van der Waals surface area contributed by atoms with Gasteiger partial charge in [0, 0.05) is 38.7 Å². The maximum Gasteiger partial charge on any atom is 0.312 e. The summed E-state index contributed by atoms with van der Waals surface area (Å²) in [4.78, 5) is 43.9. The lowest BCUT2D eigenvalue weighted by atomic mass is 9.50. The molecule has 6 saturated carbocycles. The predicted octanol–water partition coefficient (Wildman–Crippen LogP) is 8.05. The molecule has 6 aliphatic carbocycles. The highest BCUT2D eigenvalue weighted by atomic mass is 16.5. The van der Waals surface area contributed by atoms with E-state index in [1.807, 2.05) is 18.2 Å². The van der Waals surface area contributed by atoms with Gasteiger partial charge in [0.15, 0.2) is 0 Å². The summed E-state index contributed by atoms with van der Waals surface area (Å²) >= 11 is 0. The lowest BCUT2D eigenvalue weighted by Gasteiger charge is -2.55. The molecule has 2 aromatic carbocycles. The van der Waals surface area contributed by atoms with Crippen LogP contribution in [0.3, 0.4) is 0 Å². The van der Waals surface area contributed by atoms with Gasteiger partial charge in [0.1, 0.15) is 11.5 Å². The van der Waals surface area contributed by atoms with E-state index in [9.17, 15) is 14.4 Å². The minimum Gasteiger partial charge on any atom is -0.469 e. The van der Waals surface area contributed by atoms with Gasteiger partial charge >= 0.3 is 5.97 Å². The Morgan fingerprint density at radius 1 is 0.820 bits per heavy atom. The van der Waals surface area contributed by atoms with Crippen molar-refractivity contribution >= 4 is 17.8 Å². The largest absolute Gasteiger partial charge is 0.469 e. The lowest BCUT2D eigenvalue weighted by molar-refractivity contribution is -0.156. The van der Waals surface area contributed by atoms with Crippen LogP contribution < -0.4 is 4.74 Å². The number of methoxy groups -OCH3 is 1. The van der Waals surface area contributed by atoms with E-state index < -0.39 is 0 Å². The molecule has 7 heteroatoms. The van der Waals surface area contributed by atoms with Crippen molar-refractivity contribution < 1.29 is 23.9 Å². The molecule has 1 aliphatic heterocycles. The van der Waals surface area contributed by atoms with Crippen LogP contribution in [0.25, 0.3) is 0 Å². The van der Waals surface area contributed by atoms with Gasteiger partial charge in [0.05, 0.1) is 12.5 Å². The summed E-state index contributed by atoms with van der Waals surface area (Å²) in [5.41, 5.74) is 3.50. The fourth-order valence-electron chi connectivity index (χ4n) is 13.6. The van der Waals surface area contributed by atoms with Crippen LogP contribution in [0.5, 0.6) is 11.5 Å². The van der Waals surface area contributed by atoms with E-state index in [0.717, 1.165) is 56.2 Å². The number of hydrogen-bond acceptors (Lipinski definition) is 5. The number of benzene rings is 2. The summed E-state index contributed by atoms with van der Waals surface area (Å²) in [6.45, 7) is 1.43. The number of carbonyl (C=O) groups is 3. The molecule has 266 valence electrons. The molecule has 9 atom stereocenters. The van der Waals surface area contributed by atoms with Crippen LogP contribution in [0.4, 0.5) is 0 Å². The van der Waals surface area contributed by atoms with E-state index in [1.54, 1.807) is 38.2 Å². The monoisotopic (exact) mass is 678 g/mol. The van der Waals surface area contributed by atoms with Crippen LogP contribution in [-0.4, -0.2) is 55.3 Å². The van der Waals surface area contributed by atoms with Crippen LogP contribution >= 0.6 is 0 Å². The topological polar surface area (TPSA) is 76.1 Å². The average Bonchev–Trinajstić information content (AvgIpc) is 3.41. The van der Waals surface area contributed by atoms with Gasteiger partial charge in [-0.05, 0) is 165 Å². The molecule has 0 N–H and O–H groups in total. The first kappa shape index (κ1) is 32.6. The number of fused-ring (bicyclic) bond motifs is 6. The second kappa shape index (κ2) is 11.8. The molecule has 2 aromatic rings. The number of amides is 2. The molecular formula is C43H54N2O5. The molecule has 6 bridgehead atoms. The Morgan fingerprint density at radius 2 is 1.58 bits per heavy atom. The molecule has 7 nitrogen and oxygen atoms in total. The van der Waals surface area contributed by atoms with E-state index >= 15 is 0 Å². The minimum atomic E-state index is -0.246. The maximum atomic E-state index is 14.4. The van der Waals surface area contributed by atoms with Crippen molar-refractivity contribution in [3.63, 3.8) is 0 Å². The smallest absolute Gasteiger partial charge is 0.312 e. The molecule has 0 saturated heterocycles. The summed E-state index contributed by atoms with van der Waals surface area (Å²) in [5.74, 6) is 5.28. The highest BCUT2D eigenvalue weighted by molar-refractivity contribution is 5.94. The second-order valence-electron chi connectivity index (χ2n) is 18.2. The molecule has 9 unspecified atom stereocenters. The molecular weight excluding hydrogens is 624 g/mol. The molecule has 1 heterocycles. The van der Waals surface area contributed by atoms with Crippen LogP contribution in [-0.2, 0) is 27.3 Å². The zero-order chi connectivity index (χ0) is 34.4. The fraction of sp³-hybridized carbons (Fsp3) is 0.651. The minimum absolute atomic E-state index is 0.0321. The number of carbonyl (C=O) groups excluding carboxylic acids is 3. The summed E-state index contributed by atoms with van der Waals surface area (Å²) < 4.78 is 11.8. The Balaban J connectivity index is 0.892. The third-order valence-corrected chi connectivity index (χ3v) is 15.4. The van der Waals surface area contributed by atoms with E-state index in [1.165, 1.54) is 68.9 Å². The van der Waals surface area contributed by atoms with Crippen molar-refractivity contribution in [2.45, 2.75) is 96.4 Å². The normalized spacial score (nSPS) is 37.9. The molecule has 6 fully saturated rings. The standard InChI is InChI=1S/C43H54N2O5/c1-44(2)38(46)30-7-9-36(10-8-30)50-37-11-6-29-12-14-45(25-34(29)19-37)39(47)31-15-28-16-32-22-41(21-28,23-33(32)18-31)42-20-27-5-4-13-43(26-42,40(48)49-3)35(17-27)24-42/h6-11,19,27-28,31-33,35H,4-5,12-18,20-26H2,1-3H3. The second-order valence-corrected chi connectivity index (χ2v) is 18.2. The first-order valence-corrected chi connectivity index (χ1v) is 19.6. The molecule has 0 radical (unpaired) electrons. The Kier molecular flexibility index (Phi) is 7.71. The fourth-order valence-corrected chi connectivity index (χ4v) is 13.6. The van der Waals surface area contributed by atoms with Crippen molar-refractivity contribution in [3.8, 4) is 11.5 Å². The van der Waals surface area contributed by atoms with Gasteiger partial charge in [-0.1, -0.05) is 18.9 Å². The molecule has 0 aromatic heterocycles. The summed E-state index contributed by atoms with van der Waals surface area (Å²) in [6, 6.07) is 13.5. The van der Waals surface area contributed by atoms with Crippen LogP contribution in [0, 0.1) is 51.8 Å². The van der Waals surface area contributed by atoms with Crippen LogP contribution in [0.15, 0.2) is 42.5 Å². The predicted molar refractivity (Wildman–Crippen MR) is 190 cm³/mol. The lowest BCUT2D eigenvalue weighted by Crippen LogP contribution is -2.47. The van der Waals surface area contributed by atoms with Crippen molar-refractivity contribution in [3.05, 3.63) is 59.2 Å². The zero-order valence-corrected chi connectivity index (χ0v) is 30.3. The van der Waals surface area contributed by atoms with Gasteiger partial charge in [-0.15, -0.1) is 0 Å². The highest BCUT2D eigenvalue weighted by Gasteiger charge is 2.71. The Morgan fingerprint density at radius 3 is 2.36 bits per heavy atom. The van der Waals surface area contributed by atoms with Crippen molar-refractivity contribution in [1.82, 2.24) is 9.80 Å². The van der Waals surface area contributed by atoms with Crippen molar-refractivity contribution in [2.75, 3.05) is 27.7 Å². The Hall–Kier alpha value is -3.35. The third-order valence-electron chi connectivity index (χ3n) is 15.4. The van der Waals surface area contributed by atoms with Crippen LogP contribution in [0.1, 0.15) is 105 Å². The average molecular weight is 679 g/mol. The summed E-state index contributed by atoms with van der Waals surface area (Å²) in [5, 5.41) is 0. The first-order chi connectivity index (χ1) is 24.1. The number of esters is 1. The molecule has 50 heavy (non-hydrogen) atoms. The molecule has 0 spiro atoms. The van der Waals surface area contributed by atoms with Gasteiger partial charge in [0.2, 0.25) is 5.91 Å². The van der Waals surface area contributed by atoms with Crippen LogP contribution in [0.2, 0.25) is 0 Å². The van der Waals surface area contributed by atoms with Gasteiger partial charge < -0.3 is 19.3 Å². The Labute approximate surface area is 297 Å². The number of ether oxygens (including phenoxy) is 2. The van der Waals surface area contributed by atoms with E-state index in [4.69, 9.17) is 9.47 Å².